The van der Waals surface area contributed by atoms with Gasteiger partial charge in [-0.2, -0.15) is 0 Å². The van der Waals surface area contributed by atoms with Gasteiger partial charge in [0.15, 0.2) is 0 Å². The number of cyclic esters (lactones) is 4. The monoisotopic (exact) mass is 286 g/mol. The Hall–Kier alpha value is -3.02. The van der Waals surface area contributed by atoms with E-state index in [1.165, 1.54) is 6.08 Å². The number of carbonyl (C=O) groups excluding carboxylic acids is 4. The maximum atomic E-state index is 11.1. The number of ether oxygens (including phenoxy) is 2. The number of hydrogen-bond donors (Lipinski definition) is 0. The molecule has 3 rings (SSSR count). The predicted molar refractivity (Wildman–Crippen MR) is 69.6 cm³/mol. The minimum atomic E-state index is -0.579. The van der Waals surface area contributed by atoms with Gasteiger partial charge < -0.3 is 9.47 Å². The molecule has 6 nitrogen and oxygen atoms in total. The summed E-state index contributed by atoms with van der Waals surface area (Å²) in [7, 11) is 0. The number of carbonyl (C=O) groups is 4. The van der Waals surface area contributed by atoms with Crippen LogP contribution in [0.5, 0.6) is 0 Å². The van der Waals surface area contributed by atoms with Gasteiger partial charge in [-0.3, -0.25) is 0 Å². The fraction of sp³-hybridized carbons (Fsp3) is 0.0667. The van der Waals surface area contributed by atoms with E-state index in [0.717, 1.165) is 17.7 Å². The molecular formula is C15H10O6. The summed E-state index contributed by atoms with van der Waals surface area (Å²) in [5, 5.41) is 0. The molecule has 0 saturated heterocycles. The van der Waals surface area contributed by atoms with Gasteiger partial charge in [-0.1, -0.05) is 30.3 Å². The van der Waals surface area contributed by atoms with Gasteiger partial charge in [0.05, 0.1) is 0 Å². The molecule has 0 fully saturated rings. The minimum absolute atomic E-state index is 0.418. The molecular weight excluding hydrogens is 276 g/mol. The van der Waals surface area contributed by atoms with Crippen molar-refractivity contribution >= 4 is 23.9 Å². The van der Waals surface area contributed by atoms with Crippen LogP contribution in [-0.2, 0) is 35.1 Å². The Bertz CT molecular complexity index is 638. The van der Waals surface area contributed by atoms with E-state index in [9.17, 15) is 19.2 Å². The van der Waals surface area contributed by atoms with Crippen LogP contribution in [0.25, 0.3) is 0 Å². The summed E-state index contributed by atoms with van der Waals surface area (Å²) in [6, 6.07) is 9.47. The molecule has 106 valence electrons. The second-order valence-corrected chi connectivity index (χ2v) is 4.11. The molecule has 1 aromatic rings. The highest BCUT2D eigenvalue weighted by Crippen LogP contribution is 2.14. The lowest BCUT2D eigenvalue weighted by atomic mass is 10.1. The first-order chi connectivity index (χ1) is 10.0. The van der Waals surface area contributed by atoms with Gasteiger partial charge in [0.1, 0.15) is 0 Å². The van der Waals surface area contributed by atoms with E-state index in [1.807, 2.05) is 30.3 Å². The van der Waals surface area contributed by atoms with Crippen LogP contribution >= 0.6 is 0 Å². The van der Waals surface area contributed by atoms with E-state index in [0.29, 0.717) is 12.0 Å². The van der Waals surface area contributed by atoms with Crippen molar-refractivity contribution in [2.45, 2.75) is 6.42 Å². The van der Waals surface area contributed by atoms with Crippen LogP contribution in [0.15, 0.2) is 54.1 Å². The van der Waals surface area contributed by atoms with Crippen LogP contribution < -0.4 is 0 Å². The van der Waals surface area contributed by atoms with Gasteiger partial charge in [0.25, 0.3) is 0 Å². The van der Waals surface area contributed by atoms with Gasteiger partial charge in [-0.25, -0.2) is 19.2 Å². The summed E-state index contributed by atoms with van der Waals surface area (Å²) in [5.41, 5.74) is 1.41. The van der Waals surface area contributed by atoms with Gasteiger partial charge in [0.2, 0.25) is 0 Å². The highest BCUT2D eigenvalue weighted by molar-refractivity contribution is 6.09. The second-order valence-electron chi connectivity index (χ2n) is 4.11. The highest BCUT2D eigenvalue weighted by Gasteiger charge is 2.23. The van der Waals surface area contributed by atoms with Crippen molar-refractivity contribution in [3.63, 3.8) is 0 Å². The molecule has 0 bridgehead atoms. The van der Waals surface area contributed by atoms with Gasteiger partial charge in [-0.05, 0) is 5.56 Å². The molecule has 2 aliphatic heterocycles. The van der Waals surface area contributed by atoms with Crippen LogP contribution in [0.3, 0.4) is 0 Å². The molecule has 0 atom stereocenters. The van der Waals surface area contributed by atoms with E-state index in [1.54, 1.807) is 0 Å². The topological polar surface area (TPSA) is 86.7 Å². The maximum Gasteiger partial charge on any atom is 0.342 e. The Morgan fingerprint density at radius 3 is 1.81 bits per heavy atom. The van der Waals surface area contributed by atoms with Crippen molar-refractivity contribution in [1.82, 2.24) is 0 Å². The van der Waals surface area contributed by atoms with E-state index in [-0.39, 0.29) is 0 Å². The average Bonchev–Trinajstić information content (AvgIpc) is 2.97. The third kappa shape index (κ3) is 4.24. The van der Waals surface area contributed by atoms with Crippen LogP contribution in [0.2, 0.25) is 0 Å². The van der Waals surface area contributed by atoms with Crippen molar-refractivity contribution in [2.75, 3.05) is 0 Å². The third-order valence-electron chi connectivity index (χ3n) is 2.54. The predicted octanol–water partition coefficient (Wildman–Crippen LogP) is 0.865. The molecule has 0 N–H and O–H groups in total. The Labute approximate surface area is 119 Å². The quantitative estimate of drug-likeness (QED) is 0.592. The first-order valence-corrected chi connectivity index (χ1v) is 5.99. The van der Waals surface area contributed by atoms with Crippen LogP contribution in [0.1, 0.15) is 5.56 Å². The van der Waals surface area contributed by atoms with Crippen LogP contribution in [0, 0.1) is 0 Å². The molecule has 2 heterocycles. The molecule has 0 unspecified atom stereocenters. The molecule has 0 spiro atoms. The highest BCUT2D eigenvalue weighted by atomic mass is 16.6. The lowest BCUT2D eigenvalue weighted by Gasteiger charge is -1.98. The molecule has 0 saturated carbocycles. The zero-order valence-electron chi connectivity index (χ0n) is 10.8. The Balaban J connectivity index is 0.000000194. The van der Waals surface area contributed by atoms with E-state index >= 15 is 0 Å². The van der Waals surface area contributed by atoms with Crippen molar-refractivity contribution < 1.29 is 28.7 Å². The van der Waals surface area contributed by atoms with Crippen molar-refractivity contribution in [3.05, 3.63) is 59.7 Å². The molecule has 0 radical (unpaired) electrons. The molecule has 21 heavy (non-hydrogen) atoms. The number of benzene rings is 1. The van der Waals surface area contributed by atoms with Crippen molar-refractivity contribution in [2.24, 2.45) is 0 Å². The smallest absolute Gasteiger partial charge is 0.342 e. The summed E-state index contributed by atoms with van der Waals surface area (Å²) in [6.45, 7) is 0. The Kier molecular flexibility index (Phi) is 4.40. The molecule has 1 aromatic carbocycles. The third-order valence-corrected chi connectivity index (χ3v) is 2.54. The zero-order valence-corrected chi connectivity index (χ0v) is 10.8. The first-order valence-electron chi connectivity index (χ1n) is 5.99. The van der Waals surface area contributed by atoms with E-state index in [4.69, 9.17) is 0 Å². The lowest BCUT2D eigenvalue weighted by Crippen LogP contribution is -2.03. The molecule has 0 aromatic heterocycles. The summed E-state index contributed by atoms with van der Waals surface area (Å²) < 4.78 is 8.35. The van der Waals surface area contributed by atoms with Gasteiger partial charge in [0, 0.05) is 30.2 Å². The lowest BCUT2D eigenvalue weighted by molar-refractivity contribution is -0.152. The normalized spacial score (nSPS) is 16.1. The van der Waals surface area contributed by atoms with E-state index < -0.39 is 23.9 Å². The standard InChI is InChI=1S/C11H8O3.C4H2O3/c12-10-7-9(11(13)14-10)6-8-4-2-1-3-5-8;5-3-1-2-4(6)7-3/h1-5,7H,6H2;1-2H. The van der Waals surface area contributed by atoms with Crippen molar-refractivity contribution in [3.8, 4) is 0 Å². The van der Waals surface area contributed by atoms with Crippen LogP contribution in [-0.4, -0.2) is 23.9 Å². The average molecular weight is 286 g/mol. The number of rotatable bonds is 2. The summed E-state index contributed by atoms with van der Waals surface area (Å²) in [5.74, 6) is -2.25. The zero-order chi connectivity index (χ0) is 15.2. The largest absolute Gasteiger partial charge is 0.387 e. The SMILES string of the molecule is O=C1C=C(Cc2ccccc2)C(=O)O1.O=C1C=CC(=O)O1. The van der Waals surface area contributed by atoms with Crippen molar-refractivity contribution in [1.29, 1.82) is 0 Å². The maximum absolute atomic E-state index is 11.1. The summed E-state index contributed by atoms with van der Waals surface area (Å²) in [6.07, 6.45) is 3.87. The number of hydrogen-bond acceptors (Lipinski definition) is 6. The second kappa shape index (κ2) is 6.42. The molecule has 0 aliphatic carbocycles. The van der Waals surface area contributed by atoms with Crippen LogP contribution in [0.4, 0.5) is 0 Å². The molecule has 2 aliphatic rings. The van der Waals surface area contributed by atoms with E-state index in [2.05, 4.69) is 9.47 Å². The molecule has 6 heteroatoms. The minimum Gasteiger partial charge on any atom is -0.387 e. The fourth-order valence-corrected chi connectivity index (χ4v) is 1.63. The van der Waals surface area contributed by atoms with Gasteiger partial charge >= 0.3 is 23.9 Å². The Morgan fingerprint density at radius 1 is 0.762 bits per heavy atom. The summed E-state index contributed by atoms with van der Waals surface area (Å²) >= 11 is 0. The van der Waals surface area contributed by atoms with Gasteiger partial charge in [-0.15, -0.1) is 0 Å². The number of esters is 4. The first kappa shape index (κ1) is 14.4. The fourth-order valence-electron chi connectivity index (χ4n) is 1.63. The Morgan fingerprint density at radius 2 is 1.38 bits per heavy atom. The molecule has 0 amide bonds. The summed E-state index contributed by atoms with van der Waals surface area (Å²) in [4.78, 5) is 41.7.